The summed E-state index contributed by atoms with van der Waals surface area (Å²) < 4.78 is 5.08. The van der Waals surface area contributed by atoms with Crippen molar-refractivity contribution in [2.45, 2.75) is 38.3 Å². The zero-order valence-corrected chi connectivity index (χ0v) is 11.7. The molecule has 2 amide bonds. The van der Waals surface area contributed by atoms with Gasteiger partial charge in [-0.05, 0) is 38.3 Å². The Labute approximate surface area is 121 Å². The lowest BCUT2D eigenvalue weighted by Gasteiger charge is -2.34. The third-order valence-electron chi connectivity index (χ3n) is 3.53. The number of nitrogens with one attached hydrogen (secondary N) is 1. The van der Waals surface area contributed by atoms with Crippen molar-refractivity contribution in [3.63, 3.8) is 0 Å². The van der Waals surface area contributed by atoms with E-state index in [0.29, 0.717) is 13.0 Å². The molecule has 7 heteroatoms. The maximum Gasteiger partial charge on any atom is 0.325 e. The standard InChI is InChI=1S/C14H18N2O5/c1-9(14(19)20)15-12(17)10-5-2-3-7-16(10)13(18)11-6-4-8-21-11/h4,6,8-10H,2-3,5,7H2,1H3,(H,15,17)(H,19,20). The molecule has 7 nitrogen and oxygen atoms in total. The molecule has 0 radical (unpaired) electrons. The fourth-order valence-electron chi connectivity index (χ4n) is 2.36. The van der Waals surface area contributed by atoms with Gasteiger partial charge in [-0.1, -0.05) is 0 Å². The minimum absolute atomic E-state index is 0.181. The highest BCUT2D eigenvalue weighted by Gasteiger charge is 2.34. The average Bonchev–Trinajstić information content (AvgIpc) is 3.00. The number of hydrogen-bond acceptors (Lipinski definition) is 4. The van der Waals surface area contributed by atoms with Crippen LogP contribution in [0.2, 0.25) is 0 Å². The van der Waals surface area contributed by atoms with Gasteiger partial charge in [0.15, 0.2) is 5.76 Å². The molecule has 0 aromatic carbocycles. The Morgan fingerprint density at radius 3 is 2.81 bits per heavy atom. The summed E-state index contributed by atoms with van der Waals surface area (Å²) >= 11 is 0. The molecule has 2 rings (SSSR count). The van der Waals surface area contributed by atoms with Crippen LogP contribution in [0.3, 0.4) is 0 Å². The summed E-state index contributed by atoms with van der Waals surface area (Å²) in [5.74, 6) is -1.71. The van der Waals surface area contributed by atoms with Crippen molar-refractivity contribution in [3.05, 3.63) is 24.2 Å². The molecule has 21 heavy (non-hydrogen) atoms. The molecule has 1 aromatic rings. The second-order valence-corrected chi connectivity index (χ2v) is 5.06. The predicted octanol–water partition coefficient (Wildman–Crippen LogP) is 0.864. The van der Waals surface area contributed by atoms with Gasteiger partial charge in [0.05, 0.1) is 6.26 Å². The van der Waals surface area contributed by atoms with Crippen molar-refractivity contribution >= 4 is 17.8 Å². The first-order chi connectivity index (χ1) is 10.0. The van der Waals surface area contributed by atoms with E-state index in [0.717, 1.165) is 12.8 Å². The lowest BCUT2D eigenvalue weighted by Crippen LogP contribution is -2.54. The second-order valence-electron chi connectivity index (χ2n) is 5.06. The van der Waals surface area contributed by atoms with E-state index in [1.807, 2.05) is 0 Å². The number of likely N-dealkylation sites (tertiary alicyclic amines) is 1. The number of rotatable bonds is 4. The van der Waals surface area contributed by atoms with Gasteiger partial charge in [0.2, 0.25) is 5.91 Å². The molecule has 1 aliphatic heterocycles. The van der Waals surface area contributed by atoms with Crippen LogP contribution in [0.1, 0.15) is 36.7 Å². The van der Waals surface area contributed by atoms with E-state index in [1.165, 1.54) is 18.1 Å². The number of piperidine rings is 1. The van der Waals surface area contributed by atoms with Crippen molar-refractivity contribution < 1.29 is 23.9 Å². The first-order valence-corrected chi connectivity index (χ1v) is 6.88. The van der Waals surface area contributed by atoms with Crippen molar-refractivity contribution in [2.24, 2.45) is 0 Å². The minimum atomic E-state index is -1.11. The molecule has 2 atom stereocenters. The van der Waals surface area contributed by atoms with E-state index in [2.05, 4.69) is 5.32 Å². The van der Waals surface area contributed by atoms with Gasteiger partial charge < -0.3 is 19.7 Å². The number of carboxylic acids is 1. The van der Waals surface area contributed by atoms with E-state index in [-0.39, 0.29) is 11.7 Å². The molecule has 0 saturated carbocycles. The Kier molecular flexibility index (Phi) is 4.62. The van der Waals surface area contributed by atoms with E-state index in [4.69, 9.17) is 9.52 Å². The number of hydrogen-bond donors (Lipinski definition) is 2. The van der Waals surface area contributed by atoms with E-state index >= 15 is 0 Å². The summed E-state index contributed by atoms with van der Waals surface area (Å²) in [6, 6.07) is 1.52. The summed E-state index contributed by atoms with van der Waals surface area (Å²) in [6.45, 7) is 1.85. The van der Waals surface area contributed by atoms with Gasteiger partial charge in [-0.2, -0.15) is 0 Å². The fourth-order valence-corrected chi connectivity index (χ4v) is 2.36. The van der Waals surface area contributed by atoms with Gasteiger partial charge in [-0.15, -0.1) is 0 Å². The normalized spacial score (nSPS) is 19.9. The van der Waals surface area contributed by atoms with Gasteiger partial charge in [-0.3, -0.25) is 14.4 Å². The molecular weight excluding hydrogens is 276 g/mol. The van der Waals surface area contributed by atoms with Crippen molar-refractivity contribution in [2.75, 3.05) is 6.54 Å². The fraction of sp³-hybridized carbons (Fsp3) is 0.500. The highest BCUT2D eigenvalue weighted by Crippen LogP contribution is 2.20. The summed E-state index contributed by atoms with van der Waals surface area (Å²) in [5, 5.41) is 11.3. The van der Waals surface area contributed by atoms with Crippen LogP contribution in [0.4, 0.5) is 0 Å². The van der Waals surface area contributed by atoms with Crippen molar-refractivity contribution in [1.82, 2.24) is 10.2 Å². The number of carboxylic acid groups (broad SMARTS) is 1. The summed E-state index contributed by atoms with van der Waals surface area (Å²) in [7, 11) is 0. The lowest BCUT2D eigenvalue weighted by molar-refractivity contribution is -0.142. The first kappa shape index (κ1) is 15.1. The first-order valence-electron chi connectivity index (χ1n) is 6.88. The SMILES string of the molecule is CC(NC(=O)C1CCCCN1C(=O)c1ccco1)C(=O)O. The molecule has 2 unspecified atom stereocenters. The molecule has 1 fully saturated rings. The van der Waals surface area contributed by atoms with E-state index < -0.39 is 24.0 Å². The Bertz CT molecular complexity index is 525. The lowest BCUT2D eigenvalue weighted by atomic mass is 10.0. The molecule has 0 aliphatic carbocycles. The number of amides is 2. The van der Waals surface area contributed by atoms with Gasteiger partial charge in [-0.25, -0.2) is 0 Å². The third kappa shape index (κ3) is 3.42. The maximum absolute atomic E-state index is 12.3. The summed E-state index contributed by atoms with van der Waals surface area (Å²) in [4.78, 5) is 36.8. The van der Waals surface area contributed by atoms with Gasteiger partial charge in [0.25, 0.3) is 5.91 Å². The highest BCUT2D eigenvalue weighted by atomic mass is 16.4. The number of nitrogens with zero attached hydrogens (tertiary/aromatic N) is 1. The Balaban J connectivity index is 2.10. The van der Waals surface area contributed by atoms with E-state index in [1.54, 1.807) is 12.1 Å². The van der Waals surface area contributed by atoms with Crippen LogP contribution < -0.4 is 5.32 Å². The van der Waals surface area contributed by atoms with Crippen LogP contribution >= 0.6 is 0 Å². The second kappa shape index (κ2) is 6.43. The van der Waals surface area contributed by atoms with Crippen LogP contribution in [-0.2, 0) is 9.59 Å². The third-order valence-corrected chi connectivity index (χ3v) is 3.53. The molecule has 1 aromatic heterocycles. The zero-order valence-electron chi connectivity index (χ0n) is 11.7. The zero-order chi connectivity index (χ0) is 15.4. The Hall–Kier alpha value is -2.31. The maximum atomic E-state index is 12.3. The van der Waals surface area contributed by atoms with E-state index in [9.17, 15) is 14.4 Å². The van der Waals surface area contributed by atoms with Crippen LogP contribution in [0.15, 0.2) is 22.8 Å². The Morgan fingerprint density at radius 1 is 1.43 bits per heavy atom. The van der Waals surface area contributed by atoms with Crippen LogP contribution in [0, 0.1) is 0 Å². The molecule has 1 aliphatic rings. The highest BCUT2D eigenvalue weighted by molar-refractivity contribution is 5.96. The van der Waals surface area contributed by atoms with Gasteiger partial charge >= 0.3 is 5.97 Å². The summed E-state index contributed by atoms with van der Waals surface area (Å²) in [6.07, 6.45) is 3.55. The number of carbonyl (C=O) groups is 3. The van der Waals surface area contributed by atoms with Crippen molar-refractivity contribution in [3.8, 4) is 0 Å². The molecule has 2 heterocycles. The number of carbonyl (C=O) groups excluding carboxylic acids is 2. The monoisotopic (exact) mass is 294 g/mol. The quantitative estimate of drug-likeness (QED) is 0.858. The summed E-state index contributed by atoms with van der Waals surface area (Å²) in [5.41, 5.74) is 0. The van der Waals surface area contributed by atoms with Gasteiger partial charge in [0, 0.05) is 6.54 Å². The van der Waals surface area contributed by atoms with Gasteiger partial charge in [0.1, 0.15) is 12.1 Å². The predicted molar refractivity (Wildman–Crippen MR) is 72.6 cm³/mol. The number of furan rings is 1. The minimum Gasteiger partial charge on any atom is -0.480 e. The molecule has 0 bridgehead atoms. The molecule has 2 N–H and O–H groups in total. The van der Waals surface area contributed by atoms with Crippen molar-refractivity contribution in [1.29, 1.82) is 0 Å². The Morgan fingerprint density at radius 2 is 2.19 bits per heavy atom. The topological polar surface area (TPSA) is 99.9 Å². The average molecular weight is 294 g/mol. The van der Waals surface area contributed by atoms with Crippen LogP contribution in [0.5, 0.6) is 0 Å². The van der Waals surface area contributed by atoms with Crippen LogP contribution in [-0.4, -0.2) is 46.4 Å². The molecule has 0 spiro atoms. The smallest absolute Gasteiger partial charge is 0.325 e. The molecule has 114 valence electrons. The molecule has 1 saturated heterocycles. The molecular formula is C14H18N2O5. The van der Waals surface area contributed by atoms with Crippen LogP contribution in [0.25, 0.3) is 0 Å². The largest absolute Gasteiger partial charge is 0.480 e. The number of aliphatic carboxylic acids is 1.